The molecule has 1 saturated heterocycles. The van der Waals surface area contributed by atoms with Crippen molar-refractivity contribution in [3.63, 3.8) is 0 Å². The van der Waals surface area contributed by atoms with Gasteiger partial charge < -0.3 is 4.90 Å². The van der Waals surface area contributed by atoms with E-state index in [0.717, 1.165) is 18.5 Å². The zero-order valence-electron chi connectivity index (χ0n) is 22.7. The summed E-state index contributed by atoms with van der Waals surface area (Å²) in [7, 11) is -3.59. The summed E-state index contributed by atoms with van der Waals surface area (Å²) in [6.45, 7) is 11.1. The zero-order valence-corrected chi connectivity index (χ0v) is 24.3. The van der Waals surface area contributed by atoms with Gasteiger partial charge in [-0.1, -0.05) is 57.2 Å². The van der Waals surface area contributed by atoms with E-state index < -0.39 is 10.0 Å². The highest BCUT2D eigenvalue weighted by Gasteiger charge is 2.35. The molecular formula is C30H37N3O3S2. The van der Waals surface area contributed by atoms with Crippen LogP contribution in [0.3, 0.4) is 0 Å². The lowest BCUT2D eigenvalue weighted by atomic mass is 9.87. The molecule has 1 amide bonds. The zero-order chi connectivity index (χ0) is 27.1. The Balaban J connectivity index is 1.26. The lowest BCUT2D eigenvalue weighted by Gasteiger charge is -2.39. The molecule has 1 atom stereocenters. The first-order valence-corrected chi connectivity index (χ1v) is 15.6. The third-order valence-corrected chi connectivity index (χ3v) is 10.7. The van der Waals surface area contributed by atoms with Crippen LogP contribution in [0.1, 0.15) is 53.9 Å². The second-order valence-corrected chi connectivity index (χ2v) is 14.3. The largest absolute Gasteiger partial charge is 0.339 e. The normalized spacial score (nSPS) is 19.4. The van der Waals surface area contributed by atoms with E-state index in [-0.39, 0.29) is 17.4 Å². The Morgan fingerprint density at radius 1 is 0.921 bits per heavy atom. The van der Waals surface area contributed by atoms with Crippen LogP contribution in [0.4, 0.5) is 0 Å². The van der Waals surface area contributed by atoms with Crippen LogP contribution in [0, 0.1) is 6.92 Å². The molecule has 0 radical (unpaired) electrons. The second-order valence-electron chi connectivity index (χ2n) is 11.3. The van der Waals surface area contributed by atoms with Gasteiger partial charge in [0.1, 0.15) is 0 Å². The number of rotatable bonds is 5. The molecule has 5 rings (SSSR count). The van der Waals surface area contributed by atoms with Crippen LogP contribution >= 0.6 is 11.3 Å². The van der Waals surface area contributed by atoms with Crippen molar-refractivity contribution in [2.24, 2.45) is 0 Å². The molecule has 3 aromatic rings. The van der Waals surface area contributed by atoms with Crippen LogP contribution in [0.25, 0.3) is 0 Å². The van der Waals surface area contributed by atoms with Crippen molar-refractivity contribution in [2.75, 3.05) is 39.3 Å². The number of sulfonamides is 1. The van der Waals surface area contributed by atoms with Crippen molar-refractivity contribution in [1.29, 1.82) is 0 Å². The number of carbonyl (C=O) groups is 1. The summed E-state index contributed by atoms with van der Waals surface area (Å²) in [6, 6.07) is 17.9. The molecule has 0 N–H and O–H groups in total. The minimum absolute atomic E-state index is 0.0359. The van der Waals surface area contributed by atoms with Gasteiger partial charge in [0.15, 0.2) is 0 Å². The molecule has 0 unspecified atom stereocenters. The Hall–Kier alpha value is -2.52. The fourth-order valence-electron chi connectivity index (χ4n) is 5.52. The minimum Gasteiger partial charge on any atom is -0.339 e. The maximum atomic E-state index is 13.5. The van der Waals surface area contributed by atoms with Gasteiger partial charge in [0.25, 0.3) is 0 Å². The number of hydrogen-bond donors (Lipinski definition) is 0. The first-order valence-electron chi connectivity index (χ1n) is 13.3. The third kappa shape index (κ3) is 5.32. The molecule has 0 saturated carbocycles. The van der Waals surface area contributed by atoms with E-state index in [2.05, 4.69) is 68.3 Å². The number of carbonyl (C=O) groups excluding carboxylic acids is 1. The van der Waals surface area contributed by atoms with E-state index >= 15 is 0 Å². The van der Waals surface area contributed by atoms with Gasteiger partial charge in [-0.05, 0) is 64.6 Å². The Morgan fingerprint density at radius 2 is 1.61 bits per heavy atom. The lowest BCUT2D eigenvalue weighted by molar-refractivity contribution is -0.134. The van der Waals surface area contributed by atoms with Crippen molar-refractivity contribution < 1.29 is 13.2 Å². The molecule has 0 bridgehead atoms. The Morgan fingerprint density at radius 3 is 2.26 bits per heavy atom. The van der Waals surface area contributed by atoms with E-state index in [4.69, 9.17) is 0 Å². The fraction of sp³-hybridized carbons (Fsp3) is 0.433. The van der Waals surface area contributed by atoms with E-state index in [1.54, 1.807) is 23.5 Å². The number of benzene rings is 2. The van der Waals surface area contributed by atoms with Gasteiger partial charge >= 0.3 is 0 Å². The van der Waals surface area contributed by atoms with Crippen LogP contribution in [0.5, 0.6) is 0 Å². The van der Waals surface area contributed by atoms with Gasteiger partial charge in [-0.25, -0.2) is 8.42 Å². The van der Waals surface area contributed by atoms with Gasteiger partial charge in [0.2, 0.25) is 15.9 Å². The minimum atomic E-state index is -3.59. The van der Waals surface area contributed by atoms with Crippen LogP contribution in [0.15, 0.2) is 64.9 Å². The summed E-state index contributed by atoms with van der Waals surface area (Å²) in [5.41, 5.74) is 4.84. The quantitative estimate of drug-likeness (QED) is 0.456. The van der Waals surface area contributed by atoms with Crippen molar-refractivity contribution in [2.45, 2.75) is 50.5 Å². The molecule has 0 aliphatic carbocycles. The Kier molecular flexibility index (Phi) is 7.52. The summed E-state index contributed by atoms with van der Waals surface area (Å²) in [4.78, 5) is 19.3. The highest BCUT2D eigenvalue weighted by Crippen LogP contribution is 2.38. The monoisotopic (exact) mass is 551 g/mol. The molecule has 2 aliphatic rings. The lowest BCUT2D eigenvalue weighted by Crippen LogP contribution is -2.53. The smallest absolute Gasteiger partial charge is 0.243 e. The molecule has 1 aromatic heterocycles. The average Bonchev–Trinajstić information content (AvgIpc) is 3.38. The standard InChI is InChI=1S/C30H37N3O3S2/c1-22-7-5-6-8-25(22)29-26-14-20-37-27(26)13-15-32(29)21-28(34)31-16-18-33(19-17-31)38(35,36)24-11-9-23(10-12-24)30(2,3)4/h5-12,14,20,29H,13,15-19,21H2,1-4H3/t29-/m1/s1. The van der Waals surface area contributed by atoms with Crippen molar-refractivity contribution in [3.05, 3.63) is 87.1 Å². The van der Waals surface area contributed by atoms with E-state index in [1.807, 2.05) is 17.0 Å². The van der Waals surface area contributed by atoms with Gasteiger partial charge in [-0.3, -0.25) is 9.69 Å². The molecule has 2 aliphatic heterocycles. The first-order chi connectivity index (χ1) is 18.1. The number of hydrogen-bond acceptors (Lipinski definition) is 5. The maximum absolute atomic E-state index is 13.5. The van der Waals surface area contributed by atoms with Gasteiger partial charge in [-0.2, -0.15) is 4.31 Å². The number of fused-ring (bicyclic) bond motifs is 1. The molecule has 1 fully saturated rings. The Labute approximate surface area is 230 Å². The van der Waals surface area contributed by atoms with Crippen molar-refractivity contribution in [1.82, 2.24) is 14.1 Å². The summed E-state index contributed by atoms with van der Waals surface area (Å²) < 4.78 is 28.1. The molecule has 6 nitrogen and oxygen atoms in total. The van der Waals surface area contributed by atoms with E-state index in [1.165, 1.54) is 25.9 Å². The maximum Gasteiger partial charge on any atom is 0.243 e. The second kappa shape index (κ2) is 10.6. The third-order valence-electron chi connectivity index (χ3n) is 7.84. The molecule has 202 valence electrons. The summed E-state index contributed by atoms with van der Waals surface area (Å²) in [6.07, 6.45) is 0.947. The van der Waals surface area contributed by atoms with Crippen LogP contribution < -0.4 is 0 Å². The van der Waals surface area contributed by atoms with Gasteiger partial charge in [-0.15, -0.1) is 11.3 Å². The molecule has 3 heterocycles. The Bertz CT molecular complexity index is 1400. The van der Waals surface area contributed by atoms with Crippen LogP contribution in [-0.4, -0.2) is 67.7 Å². The predicted molar refractivity (Wildman–Crippen MR) is 153 cm³/mol. The van der Waals surface area contributed by atoms with Crippen molar-refractivity contribution in [3.8, 4) is 0 Å². The molecule has 8 heteroatoms. The molecule has 2 aromatic carbocycles. The van der Waals surface area contributed by atoms with Gasteiger partial charge in [0.05, 0.1) is 17.5 Å². The number of thiophene rings is 1. The number of amides is 1. The van der Waals surface area contributed by atoms with Gasteiger partial charge in [0, 0.05) is 37.6 Å². The van der Waals surface area contributed by atoms with E-state index in [9.17, 15) is 13.2 Å². The number of aryl methyl sites for hydroxylation is 1. The van der Waals surface area contributed by atoms with Crippen LogP contribution in [-0.2, 0) is 26.7 Å². The topological polar surface area (TPSA) is 60.9 Å². The number of piperazine rings is 1. The predicted octanol–water partition coefficient (Wildman–Crippen LogP) is 4.83. The summed E-state index contributed by atoms with van der Waals surface area (Å²) in [5.74, 6) is 0.0637. The summed E-state index contributed by atoms with van der Waals surface area (Å²) in [5, 5.41) is 2.15. The molecule has 38 heavy (non-hydrogen) atoms. The summed E-state index contributed by atoms with van der Waals surface area (Å²) >= 11 is 1.80. The average molecular weight is 552 g/mol. The SMILES string of the molecule is Cc1ccccc1[C@@H]1c2ccsc2CCN1CC(=O)N1CCN(S(=O)(=O)c2ccc(C(C)(C)C)cc2)CC1. The first kappa shape index (κ1) is 27.1. The highest BCUT2D eigenvalue weighted by atomic mass is 32.2. The number of nitrogens with zero attached hydrogens (tertiary/aromatic N) is 3. The van der Waals surface area contributed by atoms with Crippen LogP contribution in [0.2, 0.25) is 0 Å². The fourth-order valence-corrected chi connectivity index (χ4v) is 7.85. The highest BCUT2D eigenvalue weighted by molar-refractivity contribution is 7.89. The van der Waals surface area contributed by atoms with E-state index in [0.29, 0.717) is 37.6 Å². The van der Waals surface area contributed by atoms with Crippen molar-refractivity contribution >= 4 is 27.3 Å². The molecule has 0 spiro atoms. The molecular weight excluding hydrogens is 514 g/mol.